The van der Waals surface area contributed by atoms with Crippen LogP contribution in [0.5, 0.6) is 0 Å². The quantitative estimate of drug-likeness (QED) is 0.441. The Kier molecular flexibility index (Phi) is 4.17. The maximum absolute atomic E-state index is 10.2. The number of hydrogen-bond acceptors (Lipinski definition) is 2. The Labute approximate surface area is 63.6 Å². The van der Waals surface area contributed by atoms with E-state index in [2.05, 4.69) is 0 Å². The summed E-state index contributed by atoms with van der Waals surface area (Å²) in [5.74, 6) is 0. The lowest BCUT2D eigenvalue weighted by molar-refractivity contribution is 0.225. The molecule has 0 heterocycles. The van der Waals surface area contributed by atoms with Crippen LogP contribution in [0, 0.1) is 0 Å². The molecule has 0 aliphatic carbocycles. The van der Waals surface area contributed by atoms with E-state index in [0.717, 1.165) is 8.83 Å². The van der Waals surface area contributed by atoms with Gasteiger partial charge in [0.25, 0.3) is 0 Å². The summed E-state index contributed by atoms with van der Waals surface area (Å²) in [5, 5.41) is 0. The van der Waals surface area contributed by atoms with Crippen molar-refractivity contribution in [2.75, 3.05) is 14.1 Å². The summed E-state index contributed by atoms with van der Waals surface area (Å²) in [5.41, 5.74) is 0. The van der Waals surface area contributed by atoms with Crippen LogP contribution in [-0.4, -0.2) is 40.4 Å². The Balaban J connectivity index is 4.07. The Morgan fingerprint density at radius 2 is 1.20 bits per heavy atom. The summed E-state index contributed by atoms with van der Waals surface area (Å²) >= 11 is -4.51. The SMILES string of the molecule is CN(N(C)S(=O)O)S(=O)O. The van der Waals surface area contributed by atoms with Gasteiger partial charge in [-0.2, -0.15) is 0 Å². The summed E-state index contributed by atoms with van der Waals surface area (Å²) in [4.78, 5) is 0. The number of rotatable bonds is 3. The zero-order valence-corrected chi connectivity index (χ0v) is 7.05. The number of nitrogens with zero attached hydrogens (tertiary/aromatic N) is 2. The average Bonchev–Trinajstić information content (AvgIpc) is 1.84. The van der Waals surface area contributed by atoms with Crippen molar-refractivity contribution in [1.29, 1.82) is 0 Å². The lowest BCUT2D eigenvalue weighted by atomic mass is 11.4. The van der Waals surface area contributed by atoms with E-state index < -0.39 is 22.5 Å². The van der Waals surface area contributed by atoms with E-state index in [1.165, 1.54) is 14.1 Å². The average molecular weight is 188 g/mol. The first-order valence-electron chi connectivity index (χ1n) is 2.16. The predicted molar refractivity (Wildman–Crippen MR) is 37.1 cm³/mol. The summed E-state index contributed by atoms with van der Waals surface area (Å²) in [7, 11) is 2.43. The molecule has 0 aliphatic rings. The summed E-state index contributed by atoms with van der Waals surface area (Å²) in [6.07, 6.45) is 0. The largest absolute Gasteiger partial charge is 0.293 e. The molecule has 0 aromatic carbocycles. The third kappa shape index (κ3) is 2.82. The number of hydrazine groups is 1. The Morgan fingerprint density at radius 3 is 1.30 bits per heavy atom. The van der Waals surface area contributed by atoms with E-state index in [0.29, 0.717) is 0 Å². The van der Waals surface area contributed by atoms with Gasteiger partial charge < -0.3 is 0 Å². The van der Waals surface area contributed by atoms with Gasteiger partial charge in [-0.25, -0.2) is 8.42 Å². The molecule has 0 aromatic heterocycles. The van der Waals surface area contributed by atoms with Crippen LogP contribution in [0.15, 0.2) is 0 Å². The molecular formula is C2H8N2O4S2. The van der Waals surface area contributed by atoms with Gasteiger partial charge in [0.15, 0.2) is 0 Å². The normalized spacial score (nSPS) is 17.8. The lowest BCUT2D eigenvalue weighted by Crippen LogP contribution is -2.38. The van der Waals surface area contributed by atoms with Crippen molar-refractivity contribution < 1.29 is 17.5 Å². The second-order valence-electron chi connectivity index (χ2n) is 1.39. The van der Waals surface area contributed by atoms with Crippen molar-refractivity contribution in [2.24, 2.45) is 0 Å². The molecule has 0 radical (unpaired) electrons. The van der Waals surface area contributed by atoms with Gasteiger partial charge in [0.2, 0.25) is 22.5 Å². The summed E-state index contributed by atoms with van der Waals surface area (Å²) in [6.45, 7) is 0. The fourth-order valence-corrected chi connectivity index (χ4v) is 0.932. The molecule has 8 heteroatoms. The maximum Gasteiger partial charge on any atom is 0.249 e. The molecule has 0 saturated heterocycles. The van der Waals surface area contributed by atoms with Crippen LogP contribution >= 0.6 is 0 Å². The van der Waals surface area contributed by atoms with Gasteiger partial charge in [0, 0.05) is 14.1 Å². The van der Waals surface area contributed by atoms with Crippen LogP contribution < -0.4 is 0 Å². The van der Waals surface area contributed by atoms with Gasteiger partial charge in [-0.05, 0) is 0 Å². The summed E-state index contributed by atoms with van der Waals surface area (Å²) < 4.78 is 38.5. The second kappa shape index (κ2) is 4.11. The highest BCUT2D eigenvalue weighted by Gasteiger charge is 2.14. The van der Waals surface area contributed by atoms with Crippen LogP contribution in [0.25, 0.3) is 0 Å². The van der Waals surface area contributed by atoms with E-state index in [4.69, 9.17) is 9.11 Å². The Bertz CT molecular complexity index is 143. The van der Waals surface area contributed by atoms with E-state index in [1.807, 2.05) is 0 Å². The number of hydrogen-bond donors (Lipinski definition) is 2. The minimum atomic E-state index is -2.25. The van der Waals surface area contributed by atoms with E-state index in [9.17, 15) is 8.42 Å². The van der Waals surface area contributed by atoms with Crippen LogP contribution in [0.4, 0.5) is 0 Å². The van der Waals surface area contributed by atoms with Crippen molar-refractivity contribution in [2.45, 2.75) is 0 Å². The van der Waals surface area contributed by atoms with Gasteiger partial charge in [0.1, 0.15) is 0 Å². The second-order valence-corrected chi connectivity index (χ2v) is 3.37. The van der Waals surface area contributed by atoms with E-state index in [1.54, 1.807) is 0 Å². The van der Waals surface area contributed by atoms with Crippen molar-refractivity contribution in [3.8, 4) is 0 Å². The third-order valence-corrected chi connectivity index (χ3v) is 2.35. The first kappa shape index (κ1) is 10.1. The molecule has 2 atom stereocenters. The van der Waals surface area contributed by atoms with Crippen molar-refractivity contribution in [3.05, 3.63) is 0 Å². The fourth-order valence-electron chi connectivity index (χ4n) is 0.197. The lowest BCUT2D eigenvalue weighted by Gasteiger charge is -2.18. The minimum Gasteiger partial charge on any atom is -0.293 e. The van der Waals surface area contributed by atoms with E-state index in [-0.39, 0.29) is 0 Å². The first-order chi connectivity index (χ1) is 4.46. The molecule has 0 spiro atoms. The highest BCUT2D eigenvalue weighted by Crippen LogP contribution is 1.94. The molecule has 0 rings (SSSR count). The zero-order chi connectivity index (χ0) is 8.31. The zero-order valence-electron chi connectivity index (χ0n) is 5.42. The van der Waals surface area contributed by atoms with Crippen molar-refractivity contribution in [3.63, 3.8) is 0 Å². The van der Waals surface area contributed by atoms with Crippen LogP contribution in [0.2, 0.25) is 0 Å². The molecular weight excluding hydrogens is 180 g/mol. The molecule has 0 fully saturated rings. The van der Waals surface area contributed by atoms with E-state index >= 15 is 0 Å². The monoisotopic (exact) mass is 188 g/mol. The molecule has 0 aromatic rings. The molecule has 0 aliphatic heterocycles. The molecule has 10 heavy (non-hydrogen) atoms. The standard InChI is InChI=1S/C2H8N2O4S2/c1-3(9(5)6)4(2)10(7)8/h1-2H3,(H,5,6)(H,7,8). The first-order valence-corrected chi connectivity index (χ1v) is 4.29. The van der Waals surface area contributed by atoms with Gasteiger partial charge in [0.05, 0.1) is 0 Å². The minimum absolute atomic E-state index is 0.718. The van der Waals surface area contributed by atoms with Crippen LogP contribution in [0.3, 0.4) is 0 Å². The predicted octanol–water partition coefficient (Wildman–Crippen LogP) is -0.962. The van der Waals surface area contributed by atoms with Crippen LogP contribution in [0.1, 0.15) is 0 Å². The van der Waals surface area contributed by atoms with Gasteiger partial charge in [-0.1, -0.05) is 0 Å². The van der Waals surface area contributed by atoms with Crippen molar-refractivity contribution in [1.82, 2.24) is 8.83 Å². The molecule has 62 valence electrons. The topological polar surface area (TPSA) is 81.1 Å². The molecule has 6 nitrogen and oxygen atoms in total. The smallest absolute Gasteiger partial charge is 0.249 e. The highest BCUT2D eigenvalue weighted by atomic mass is 32.2. The Hall–Kier alpha value is 0.140. The molecule has 2 unspecified atom stereocenters. The molecule has 0 bridgehead atoms. The van der Waals surface area contributed by atoms with Crippen molar-refractivity contribution >= 4 is 22.5 Å². The Morgan fingerprint density at radius 1 is 1.00 bits per heavy atom. The molecule has 0 amide bonds. The van der Waals surface area contributed by atoms with Gasteiger partial charge >= 0.3 is 0 Å². The molecule has 2 N–H and O–H groups in total. The van der Waals surface area contributed by atoms with Crippen LogP contribution in [-0.2, 0) is 22.5 Å². The van der Waals surface area contributed by atoms with Gasteiger partial charge in [-0.3, -0.25) is 9.11 Å². The maximum atomic E-state index is 10.2. The van der Waals surface area contributed by atoms with Gasteiger partial charge in [-0.15, -0.1) is 8.83 Å². The third-order valence-electron chi connectivity index (χ3n) is 0.849. The highest BCUT2D eigenvalue weighted by molar-refractivity contribution is 7.79. The molecule has 0 saturated carbocycles. The summed E-state index contributed by atoms with van der Waals surface area (Å²) in [6, 6.07) is 0. The fraction of sp³-hybridized carbons (Fsp3) is 1.00.